The van der Waals surface area contributed by atoms with Crippen molar-refractivity contribution in [2.75, 3.05) is 0 Å². The maximum atomic E-state index is 10.3. The highest BCUT2D eigenvalue weighted by atomic mass is 32.1. The molecule has 0 saturated carbocycles. The van der Waals surface area contributed by atoms with Crippen molar-refractivity contribution in [3.8, 4) is 0 Å². The van der Waals surface area contributed by atoms with Crippen LogP contribution in [-0.2, 0) is 4.79 Å². The van der Waals surface area contributed by atoms with Gasteiger partial charge in [-0.1, -0.05) is 0 Å². The van der Waals surface area contributed by atoms with Gasteiger partial charge in [-0.2, -0.15) is 0 Å². The molecular weight excluding hydrogens is 204 g/mol. The standard InChI is InChI=1S/C8H12N2O3S/c1-4-10-3-6(14-4)8(13)5(9)2-7(11)12/h3,5,8,13H,2,9H2,1H3,(H,11,12). The van der Waals surface area contributed by atoms with Crippen LogP contribution in [0.1, 0.15) is 22.4 Å². The molecule has 78 valence electrons. The molecule has 0 aliphatic rings. The average molecular weight is 216 g/mol. The molecule has 1 heterocycles. The van der Waals surface area contributed by atoms with Gasteiger partial charge < -0.3 is 15.9 Å². The third kappa shape index (κ3) is 2.76. The molecule has 0 radical (unpaired) electrons. The van der Waals surface area contributed by atoms with Crippen LogP contribution in [0.15, 0.2) is 6.20 Å². The highest BCUT2D eigenvalue weighted by Crippen LogP contribution is 2.23. The largest absolute Gasteiger partial charge is 0.481 e. The lowest BCUT2D eigenvalue weighted by Gasteiger charge is -2.14. The Hall–Kier alpha value is -0.980. The van der Waals surface area contributed by atoms with Crippen molar-refractivity contribution in [2.45, 2.75) is 25.5 Å². The van der Waals surface area contributed by atoms with Crippen LogP contribution in [0.5, 0.6) is 0 Å². The Morgan fingerprint density at radius 2 is 2.43 bits per heavy atom. The maximum Gasteiger partial charge on any atom is 0.305 e. The zero-order chi connectivity index (χ0) is 10.7. The monoisotopic (exact) mass is 216 g/mol. The van der Waals surface area contributed by atoms with Crippen LogP contribution >= 0.6 is 11.3 Å². The third-order valence-corrected chi connectivity index (χ3v) is 2.73. The molecule has 0 aliphatic carbocycles. The molecule has 2 atom stereocenters. The SMILES string of the molecule is Cc1ncc(C(O)C(N)CC(=O)O)s1. The minimum Gasteiger partial charge on any atom is -0.481 e. The van der Waals surface area contributed by atoms with Crippen LogP contribution in [-0.4, -0.2) is 27.2 Å². The van der Waals surface area contributed by atoms with E-state index in [-0.39, 0.29) is 6.42 Å². The fraction of sp³-hybridized carbons (Fsp3) is 0.500. The van der Waals surface area contributed by atoms with Gasteiger partial charge in [0.05, 0.1) is 16.3 Å². The van der Waals surface area contributed by atoms with Gasteiger partial charge in [0.1, 0.15) is 6.10 Å². The third-order valence-electron chi connectivity index (χ3n) is 1.75. The summed E-state index contributed by atoms with van der Waals surface area (Å²) < 4.78 is 0. The van der Waals surface area contributed by atoms with E-state index < -0.39 is 18.1 Å². The number of carboxylic acids is 1. The van der Waals surface area contributed by atoms with E-state index >= 15 is 0 Å². The van der Waals surface area contributed by atoms with Crippen LogP contribution in [0.3, 0.4) is 0 Å². The van der Waals surface area contributed by atoms with E-state index in [1.165, 1.54) is 17.5 Å². The normalized spacial score (nSPS) is 15.1. The molecule has 1 rings (SSSR count). The van der Waals surface area contributed by atoms with Gasteiger partial charge in [0, 0.05) is 12.2 Å². The summed E-state index contributed by atoms with van der Waals surface area (Å²) in [5.41, 5.74) is 5.51. The summed E-state index contributed by atoms with van der Waals surface area (Å²) in [6.45, 7) is 1.81. The summed E-state index contributed by atoms with van der Waals surface area (Å²) >= 11 is 1.32. The topological polar surface area (TPSA) is 96.4 Å². The number of rotatable bonds is 4. The number of aryl methyl sites for hydroxylation is 1. The smallest absolute Gasteiger partial charge is 0.305 e. The Morgan fingerprint density at radius 1 is 1.79 bits per heavy atom. The fourth-order valence-electron chi connectivity index (χ4n) is 1.04. The summed E-state index contributed by atoms with van der Waals surface area (Å²) in [5, 5.41) is 18.9. The van der Waals surface area contributed by atoms with Gasteiger partial charge in [-0.05, 0) is 6.92 Å². The van der Waals surface area contributed by atoms with Crippen LogP contribution in [0.4, 0.5) is 0 Å². The highest BCUT2D eigenvalue weighted by Gasteiger charge is 2.21. The number of nitrogens with zero attached hydrogens (tertiary/aromatic N) is 1. The molecule has 6 heteroatoms. The van der Waals surface area contributed by atoms with E-state index in [1.54, 1.807) is 0 Å². The Morgan fingerprint density at radius 3 is 2.86 bits per heavy atom. The number of nitrogens with two attached hydrogens (primary N) is 1. The second kappa shape index (κ2) is 4.50. The number of hydrogen-bond donors (Lipinski definition) is 3. The molecule has 1 aromatic rings. The number of carboxylic acid groups (broad SMARTS) is 1. The molecule has 0 saturated heterocycles. The van der Waals surface area contributed by atoms with Crippen molar-refractivity contribution in [3.05, 3.63) is 16.1 Å². The summed E-state index contributed by atoms with van der Waals surface area (Å²) in [7, 11) is 0. The van der Waals surface area contributed by atoms with Gasteiger partial charge in [-0.3, -0.25) is 4.79 Å². The van der Waals surface area contributed by atoms with E-state index in [1.807, 2.05) is 6.92 Å². The molecule has 1 aromatic heterocycles. The van der Waals surface area contributed by atoms with Crippen molar-refractivity contribution >= 4 is 17.3 Å². The molecule has 0 fully saturated rings. The van der Waals surface area contributed by atoms with Crippen molar-refractivity contribution in [3.63, 3.8) is 0 Å². The molecule has 0 bridgehead atoms. The lowest BCUT2D eigenvalue weighted by Crippen LogP contribution is -2.30. The van der Waals surface area contributed by atoms with E-state index in [2.05, 4.69) is 4.98 Å². The number of aliphatic carboxylic acids is 1. The van der Waals surface area contributed by atoms with Crippen molar-refractivity contribution in [1.82, 2.24) is 4.98 Å². The molecule has 0 aliphatic heterocycles. The lowest BCUT2D eigenvalue weighted by atomic mass is 10.1. The van der Waals surface area contributed by atoms with E-state index in [9.17, 15) is 9.90 Å². The summed E-state index contributed by atoms with van der Waals surface area (Å²) in [4.78, 5) is 14.9. The number of hydrogen-bond acceptors (Lipinski definition) is 5. The molecule has 0 amide bonds. The van der Waals surface area contributed by atoms with Crippen LogP contribution in [0.2, 0.25) is 0 Å². The summed E-state index contributed by atoms with van der Waals surface area (Å²) in [5.74, 6) is -1.02. The van der Waals surface area contributed by atoms with Crippen molar-refractivity contribution in [2.24, 2.45) is 5.73 Å². The minimum atomic E-state index is -1.02. The second-order valence-electron chi connectivity index (χ2n) is 2.99. The Bertz CT molecular complexity index is 326. The van der Waals surface area contributed by atoms with Gasteiger partial charge in [-0.15, -0.1) is 11.3 Å². The number of carbonyl (C=O) groups is 1. The van der Waals surface area contributed by atoms with Crippen molar-refractivity contribution < 1.29 is 15.0 Å². The molecular formula is C8H12N2O3S. The van der Waals surface area contributed by atoms with Gasteiger partial charge >= 0.3 is 5.97 Å². The van der Waals surface area contributed by atoms with Crippen LogP contribution < -0.4 is 5.73 Å². The van der Waals surface area contributed by atoms with E-state index in [0.717, 1.165) is 5.01 Å². The van der Waals surface area contributed by atoms with Gasteiger partial charge in [-0.25, -0.2) is 4.98 Å². The number of aliphatic hydroxyl groups excluding tert-OH is 1. The van der Waals surface area contributed by atoms with Gasteiger partial charge in [0.2, 0.25) is 0 Å². The Kier molecular flexibility index (Phi) is 3.56. The number of aromatic nitrogens is 1. The minimum absolute atomic E-state index is 0.252. The van der Waals surface area contributed by atoms with E-state index in [0.29, 0.717) is 4.88 Å². The van der Waals surface area contributed by atoms with Gasteiger partial charge in [0.25, 0.3) is 0 Å². The predicted octanol–water partition coefficient (Wildman–Crippen LogP) is 0.287. The van der Waals surface area contributed by atoms with Crippen LogP contribution in [0, 0.1) is 6.92 Å². The Labute approximate surface area is 85.2 Å². The Balaban J connectivity index is 2.65. The zero-order valence-corrected chi connectivity index (χ0v) is 8.49. The first-order chi connectivity index (χ1) is 6.50. The second-order valence-corrected chi connectivity index (χ2v) is 4.25. The first-order valence-corrected chi connectivity index (χ1v) is 4.90. The molecule has 4 N–H and O–H groups in total. The lowest BCUT2D eigenvalue weighted by molar-refractivity contribution is -0.138. The van der Waals surface area contributed by atoms with Gasteiger partial charge in [0.15, 0.2) is 0 Å². The van der Waals surface area contributed by atoms with Crippen LogP contribution in [0.25, 0.3) is 0 Å². The molecule has 0 spiro atoms. The highest BCUT2D eigenvalue weighted by molar-refractivity contribution is 7.11. The zero-order valence-electron chi connectivity index (χ0n) is 7.67. The molecule has 0 aromatic carbocycles. The first-order valence-electron chi connectivity index (χ1n) is 4.08. The van der Waals surface area contributed by atoms with Crippen molar-refractivity contribution in [1.29, 1.82) is 0 Å². The predicted molar refractivity (Wildman–Crippen MR) is 52.0 cm³/mol. The quantitative estimate of drug-likeness (QED) is 0.672. The average Bonchev–Trinajstić information content (AvgIpc) is 2.49. The molecule has 2 unspecified atom stereocenters. The molecule has 14 heavy (non-hydrogen) atoms. The summed E-state index contributed by atoms with van der Waals surface area (Å²) in [6, 6.07) is -0.785. The number of aliphatic hydroxyl groups is 1. The number of thiazole rings is 1. The maximum absolute atomic E-state index is 10.3. The van der Waals surface area contributed by atoms with E-state index in [4.69, 9.17) is 10.8 Å². The molecule has 5 nitrogen and oxygen atoms in total. The summed E-state index contributed by atoms with van der Waals surface area (Å²) in [6.07, 6.45) is 0.321. The first kappa shape index (κ1) is 11.1. The fourth-order valence-corrected chi connectivity index (χ4v) is 1.89.